The Labute approximate surface area is 154 Å². The van der Waals surface area contributed by atoms with Gasteiger partial charge >= 0.3 is 0 Å². The number of aromatic nitrogens is 2. The van der Waals surface area contributed by atoms with Gasteiger partial charge in [0.2, 0.25) is 11.9 Å². The first-order valence-electron chi connectivity index (χ1n) is 7.93. The average molecular weight is 364 g/mol. The summed E-state index contributed by atoms with van der Waals surface area (Å²) in [6.07, 6.45) is 1.36. The largest absolute Gasteiger partial charge is 0.369 e. The van der Waals surface area contributed by atoms with Crippen molar-refractivity contribution in [2.24, 2.45) is 21.5 Å². The average Bonchev–Trinajstić information content (AvgIpc) is 2.64. The van der Waals surface area contributed by atoms with Gasteiger partial charge in [-0.3, -0.25) is 0 Å². The fourth-order valence-corrected chi connectivity index (χ4v) is 2.12. The summed E-state index contributed by atoms with van der Waals surface area (Å²) in [6.45, 7) is 0. The highest BCUT2D eigenvalue weighted by Gasteiger charge is 2.01. The molecule has 8 nitrogen and oxygen atoms in total. The molecule has 0 aliphatic heterocycles. The molecule has 1 heterocycles. The summed E-state index contributed by atoms with van der Waals surface area (Å²) in [6, 6.07) is 16.8. The minimum Gasteiger partial charge on any atom is -0.369 e. The summed E-state index contributed by atoms with van der Waals surface area (Å²) in [7, 11) is 0. The summed E-state index contributed by atoms with van der Waals surface area (Å²) in [4.78, 5) is 16.2. The lowest BCUT2D eigenvalue weighted by molar-refractivity contribution is 0.628. The molecule has 0 saturated carbocycles. The number of aliphatic imine (C=N–C) groups is 2. The second-order valence-corrected chi connectivity index (χ2v) is 5.35. The predicted octanol–water partition coefficient (Wildman–Crippen LogP) is 2.73. The lowest BCUT2D eigenvalue weighted by Gasteiger charge is -2.06. The SMILES string of the molecule is NC(=Nc1cc(Nc2ccccc2)ncn1)N=C(N)Nc1ccc(F)cc1. The van der Waals surface area contributed by atoms with E-state index in [2.05, 4.69) is 30.6 Å². The number of guanidine groups is 2. The molecular weight excluding hydrogens is 347 g/mol. The zero-order valence-electron chi connectivity index (χ0n) is 14.2. The standard InChI is InChI=1S/C18H17FN8/c19-12-6-8-14(9-7-12)25-17(20)27-18(21)26-16-10-15(22-11-23-16)24-13-4-2-1-3-5-13/h1-11H,(H6,20,21,22,23,24,25,26,27). The van der Waals surface area contributed by atoms with E-state index in [1.54, 1.807) is 6.07 Å². The van der Waals surface area contributed by atoms with E-state index in [1.165, 1.54) is 30.6 Å². The van der Waals surface area contributed by atoms with Crippen molar-refractivity contribution in [3.8, 4) is 0 Å². The third-order valence-electron chi connectivity index (χ3n) is 3.28. The van der Waals surface area contributed by atoms with Crippen molar-refractivity contribution in [1.29, 1.82) is 0 Å². The van der Waals surface area contributed by atoms with Gasteiger partial charge in [0.15, 0.2) is 5.82 Å². The van der Waals surface area contributed by atoms with Crippen LogP contribution in [0.4, 0.5) is 27.4 Å². The molecule has 3 aromatic rings. The summed E-state index contributed by atoms with van der Waals surface area (Å²) < 4.78 is 12.9. The van der Waals surface area contributed by atoms with E-state index in [0.29, 0.717) is 17.3 Å². The monoisotopic (exact) mass is 364 g/mol. The number of halogens is 1. The van der Waals surface area contributed by atoms with E-state index >= 15 is 0 Å². The number of hydrogen-bond donors (Lipinski definition) is 4. The molecule has 0 fully saturated rings. The van der Waals surface area contributed by atoms with Gasteiger partial charge in [-0.2, -0.15) is 9.98 Å². The molecule has 0 spiro atoms. The minimum atomic E-state index is -0.346. The Kier molecular flexibility index (Phi) is 5.53. The van der Waals surface area contributed by atoms with Gasteiger partial charge in [0.25, 0.3) is 0 Å². The first-order valence-corrected chi connectivity index (χ1v) is 7.93. The molecule has 0 bridgehead atoms. The van der Waals surface area contributed by atoms with Gasteiger partial charge in [-0.25, -0.2) is 14.4 Å². The van der Waals surface area contributed by atoms with E-state index < -0.39 is 0 Å². The second kappa shape index (κ2) is 8.39. The Hall–Kier alpha value is -4.01. The number of nitrogens with zero attached hydrogens (tertiary/aromatic N) is 4. The quantitative estimate of drug-likeness (QED) is 0.416. The highest BCUT2D eigenvalue weighted by molar-refractivity contribution is 6.01. The molecule has 1 aromatic heterocycles. The van der Waals surface area contributed by atoms with Crippen molar-refractivity contribution in [2.45, 2.75) is 0 Å². The van der Waals surface area contributed by atoms with Gasteiger partial charge in [0.1, 0.15) is 18.0 Å². The molecular formula is C18H17FN8. The summed E-state index contributed by atoms with van der Waals surface area (Å²) in [5.74, 6) is 0.454. The lowest BCUT2D eigenvalue weighted by Crippen LogP contribution is -2.26. The number of rotatable bonds is 4. The molecule has 27 heavy (non-hydrogen) atoms. The maximum atomic E-state index is 12.9. The van der Waals surface area contributed by atoms with Crippen molar-refractivity contribution in [1.82, 2.24) is 9.97 Å². The first-order chi connectivity index (χ1) is 13.1. The molecule has 0 aliphatic rings. The highest BCUT2D eigenvalue weighted by atomic mass is 19.1. The van der Waals surface area contributed by atoms with Crippen LogP contribution in [-0.4, -0.2) is 21.9 Å². The second-order valence-electron chi connectivity index (χ2n) is 5.35. The van der Waals surface area contributed by atoms with Crippen molar-refractivity contribution in [3.63, 3.8) is 0 Å². The molecule has 0 atom stereocenters. The van der Waals surface area contributed by atoms with Crippen LogP contribution >= 0.6 is 0 Å². The molecule has 136 valence electrons. The van der Waals surface area contributed by atoms with Crippen molar-refractivity contribution in [2.75, 3.05) is 10.6 Å². The fourth-order valence-electron chi connectivity index (χ4n) is 2.12. The molecule has 0 amide bonds. The molecule has 3 rings (SSSR count). The van der Waals surface area contributed by atoms with Gasteiger partial charge < -0.3 is 22.1 Å². The topological polar surface area (TPSA) is 127 Å². The van der Waals surface area contributed by atoms with Gasteiger partial charge in [-0.1, -0.05) is 18.2 Å². The highest BCUT2D eigenvalue weighted by Crippen LogP contribution is 2.17. The number of hydrogen-bond acceptors (Lipinski definition) is 4. The third kappa shape index (κ3) is 5.49. The molecule has 0 radical (unpaired) electrons. The van der Waals surface area contributed by atoms with Crippen LogP contribution in [0.5, 0.6) is 0 Å². The smallest absolute Gasteiger partial charge is 0.225 e. The van der Waals surface area contributed by atoms with Crippen LogP contribution in [0.25, 0.3) is 0 Å². The van der Waals surface area contributed by atoms with Crippen LogP contribution in [0.2, 0.25) is 0 Å². The first kappa shape index (κ1) is 17.8. The Morgan fingerprint density at radius 3 is 2.41 bits per heavy atom. The predicted molar refractivity (Wildman–Crippen MR) is 105 cm³/mol. The molecule has 0 saturated heterocycles. The van der Waals surface area contributed by atoms with Gasteiger partial charge in [0, 0.05) is 17.4 Å². The van der Waals surface area contributed by atoms with Crippen LogP contribution in [0.3, 0.4) is 0 Å². The van der Waals surface area contributed by atoms with Crippen molar-refractivity contribution in [3.05, 3.63) is 72.8 Å². The zero-order valence-corrected chi connectivity index (χ0v) is 14.2. The fraction of sp³-hybridized carbons (Fsp3) is 0. The zero-order chi connectivity index (χ0) is 19.1. The number of nitrogens with one attached hydrogen (secondary N) is 2. The molecule has 2 aromatic carbocycles. The van der Waals surface area contributed by atoms with Crippen LogP contribution in [0, 0.1) is 5.82 Å². The molecule has 6 N–H and O–H groups in total. The summed E-state index contributed by atoms with van der Waals surface area (Å²) in [5.41, 5.74) is 13.0. The van der Waals surface area contributed by atoms with Gasteiger partial charge in [-0.05, 0) is 36.4 Å². The van der Waals surface area contributed by atoms with Gasteiger partial charge in [-0.15, -0.1) is 0 Å². The number of nitrogens with two attached hydrogens (primary N) is 2. The molecule has 0 unspecified atom stereocenters. The Morgan fingerprint density at radius 2 is 1.67 bits per heavy atom. The Morgan fingerprint density at radius 1 is 0.926 bits per heavy atom. The summed E-state index contributed by atoms with van der Waals surface area (Å²) in [5, 5.41) is 5.92. The van der Waals surface area contributed by atoms with Crippen LogP contribution in [-0.2, 0) is 0 Å². The van der Waals surface area contributed by atoms with Crippen molar-refractivity contribution >= 4 is 34.9 Å². The van der Waals surface area contributed by atoms with E-state index in [1.807, 2.05) is 30.3 Å². The molecule has 0 aliphatic carbocycles. The Balaban J connectivity index is 1.69. The van der Waals surface area contributed by atoms with Crippen LogP contribution in [0.1, 0.15) is 0 Å². The number of para-hydroxylation sites is 1. The number of benzene rings is 2. The lowest BCUT2D eigenvalue weighted by atomic mass is 10.3. The normalized spacial score (nSPS) is 11.9. The molecule has 9 heteroatoms. The maximum absolute atomic E-state index is 12.9. The maximum Gasteiger partial charge on any atom is 0.225 e. The number of anilines is 3. The van der Waals surface area contributed by atoms with Crippen LogP contribution < -0.4 is 22.1 Å². The van der Waals surface area contributed by atoms with E-state index in [4.69, 9.17) is 11.5 Å². The van der Waals surface area contributed by atoms with Crippen LogP contribution in [0.15, 0.2) is 77.0 Å². The van der Waals surface area contributed by atoms with E-state index in [9.17, 15) is 4.39 Å². The van der Waals surface area contributed by atoms with Gasteiger partial charge in [0.05, 0.1) is 0 Å². The summed E-state index contributed by atoms with van der Waals surface area (Å²) >= 11 is 0. The Bertz CT molecular complexity index is 955. The van der Waals surface area contributed by atoms with E-state index in [-0.39, 0.29) is 17.7 Å². The third-order valence-corrected chi connectivity index (χ3v) is 3.28. The van der Waals surface area contributed by atoms with Crippen molar-refractivity contribution < 1.29 is 4.39 Å². The minimum absolute atomic E-state index is 0.0135. The van der Waals surface area contributed by atoms with E-state index in [0.717, 1.165) is 5.69 Å².